The molecule has 0 saturated carbocycles. The van der Waals surface area contributed by atoms with Crippen molar-refractivity contribution in [1.29, 1.82) is 0 Å². The first-order chi connectivity index (χ1) is 14.5. The summed E-state index contributed by atoms with van der Waals surface area (Å²) in [4.78, 5) is 24.1. The van der Waals surface area contributed by atoms with E-state index in [1.807, 2.05) is 24.3 Å². The van der Waals surface area contributed by atoms with Crippen molar-refractivity contribution in [3.8, 4) is 11.5 Å². The molecule has 3 rings (SSSR count). The van der Waals surface area contributed by atoms with Gasteiger partial charge in [-0.15, -0.1) is 11.8 Å². The average Bonchev–Trinajstić information content (AvgIpc) is 2.78. The number of hydrogen-bond donors (Lipinski definition) is 1. The van der Waals surface area contributed by atoms with Gasteiger partial charge in [-0.25, -0.2) is 0 Å². The van der Waals surface area contributed by atoms with E-state index in [1.165, 1.54) is 24.9 Å². The van der Waals surface area contributed by atoms with E-state index < -0.39 is 10.8 Å². The number of nitro benzene ring substituents is 1. The molecule has 0 aliphatic heterocycles. The van der Waals surface area contributed by atoms with Crippen LogP contribution in [0.2, 0.25) is 0 Å². The molecule has 30 heavy (non-hydrogen) atoms. The summed E-state index contributed by atoms with van der Waals surface area (Å²) in [7, 11) is 3.13. The summed E-state index contributed by atoms with van der Waals surface area (Å²) in [6.45, 7) is 0. The van der Waals surface area contributed by atoms with E-state index in [4.69, 9.17) is 9.47 Å². The van der Waals surface area contributed by atoms with Gasteiger partial charge in [0.05, 0.1) is 24.0 Å². The highest BCUT2D eigenvalue weighted by Gasteiger charge is 2.18. The van der Waals surface area contributed by atoms with Crippen molar-refractivity contribution in [2.24, 2.45) is 0 Å². The summed E-state index contributed by atoms with van der Waals surface area (Å²) >= 11 is 1.34. The van der Waals surface area contributed by atoms with Gasteiger partial charge in [0.25, 0.3) is 11.6 Å². The summed E-state index contributed by atoms with van der Waals surface area (Å²) in [6.07, 6.45) is 0. The maximum atomic E-state index is 12.5. The van der Waals surface area contributed by atoms with Crippen molar-refractivity contribution in [3.05, 3.63) is 88.0 Å². The second-order valence-corrected chi connectivity index (χ2v) is 7.28. The molecule has 0 unspecified atom stereocenters. The molecule has 3 aromatic carbocycles. The van der Waals surface area contributed by atoms with Crippen molar-refractivity contribution < 1.29 is 19.2 Å². The molecule has 0 saturated heterocycles. The quantitative estimate of drug-likeness (QED) is 0.305. The lowest BCUT2D eigenvalue weighted by Gasteiger charge is -2.09. The number of carbonyl (C=O) groups is 1. The minimum absolute atomic E-state index is 0.105. The number of hydrogen-bond acceptors (Lipinski definition) is 6. The number of amides is 1. The molecule has 1 amide bonds. The first kappa shape index (κ1) is 21.2. The summed E-state index contributed by atoms with van der Waals surface area (Å²) in [5, 5.41) is 14.3. The van der Waals surface area contributed by atoms with Crippen LogP contribution in [0.5, 0.6) is 11.5 Å². The number of methoxy groups -OCH3 is 2. The zero-order valence-corrected chi connectivity index (χ0v) is 17.3. The molecule has 0 fully saturated rings. The maximum Gasteiger partial charge on any atom is 0.283 e. The Bertz CT molecular complexity index is 1050. The van der Waals surface area contributed by atoms with E-state index in [9.17, 15) is 14.9 Å². The maximum absolute atomic E-state index is 12.5. The van der Waals surface area contributed by atoms with Gasteiger partial charge in [0.1, 0.15) is 11.5 Å². The largest absolute Gasteiger partial charge is 0.497 e. The lowest BCUT2D eigenvalue weighted by molar-refractivity contribution is -0.387. The second-order valence-electron chi connectivity index (χ2n) is 6.26. The number of ether oxygens (including phenoxy) is 2. The van der Waals surface area contributed by atoms with E-state index in [-0.39, 0.29) is 11.3 Å². The van der Waals surface area contributed by atoms with Gasteiger partial charge in [0.15, 0.2) is 0 Å². The highest BCUT2D eigenvalue weighted by molar-refractivity contribution is 7.98. The Labute approximate surface area is 178 Å². The number of nitro groups is 1. The lowest BCUT2D eigenvalue weighted by Crippen LogP contribution is -2.12. The Morgan fingerprint density at radius 3 is 2.40 bits per heavy atom. The molecule has 0 atom stereocenters. The molecule has 7 nitrogen and oxygen atoms in total. The van der Waals surface area contributed by atoms with Gasteiger partial charge in [0, 0.05) is 29.1 Å². The molecular weight excluding hydrogens is 404 g/mol. The van der Waals surface area contributed by atoms with Gasteiger partial charge in [-0.2, -0.15) is 0 Å². The van der Waals surface area contributed by atoms with Crippen LogP contribution in [0.1, 0.15) is 15.9 Å². The fourth-order valence-electron chi connectivity index (χ4n) is 2.71. The molecule has 3 aromatic rings. The monoisotopic (exact) mass is 424 g/mol. The Balaban J connectivity index is 1.75. The smallest absolute Gasteiger partial charge is 0.283 e. The standard InChI is InChI=1S/C22H20N2O5S/c1-28-18-9-6-15(7-10-18)14-30-21-11-8-16(12-20(21)24(26)27)22(25)23-17-4-3-5-19(13-17)29-2/h3-13H,14H2,1-2H3,(H,23,25). The minimum atomic E-state index is -0.474. The van der Waals surface area contributed by atoms with Crippen LogP contribution >= 0.6 is 11.8 Å². The van der Waals surface area contributed by atoms with Crippen molar-refractivity contribution in [1.82, 2.24) is 0 Å². The average molecular weight is 424 g/mol. The first-order valence-electron chi connectivity index (χ1n) is 8.99. The van der Waals surface area contributed by atoms with Crippen molar-refractivity contribution in [2.45, 2.75) is 10.6 Å². The van der Waals surface area contributed by atoms with Crippen molar-refractivity contribution >= 4 is 29.0 Å². The van der Waals surface area contributed by atoms with Gasteiger partial charge in [-0.1, -0.05) is 18.2 Å². The zero-order chi connectivity index (χ0) is 21.5. The molecule has 0 bridgehead atoms. The highest BCUT2D eigenvalue weighted by atomic mass is 32.2. The third kappa shape index (κ3) is 5.30. The molecule has 0 aliphatic rings. The number of anilines is 1. The molecule has 0 heterocycles. The first-order valence-corrected chi connectivity index (χ1v) is 9.98. The van der Waals surface area contributed by atoms with Crippen molar-refractivity contribution in [3.63, 3.8) is 0 Å². The third-order valence-corrected chi connectivity index (χ3v) is 5.43. The van der Waals surface area contributed by atoms with Crippen LogP contribution in [0.25, 0.3) is 0 Å². The Morgan fingerprint density at radius 1 is 1.00 bits per heavy atom. The van der Waals surface area contributed by atoms with Crippen LogP contribution in [0.15, 0.2) is 71.6 Å². The second kappa shape index (κ2) is 9.80. The molecule has 154 valence electrons. The SMILES string of the molecule is COc1ccc(CSc2ccc(C(=O)Nc3cccc(OC)c3)cc2[N+](=O)[O-])cc1. The number of nitrogens with zero attached hydrogens (tertiary/aromatic N) is 1. The van der Waals surface area contributed by atoms with E-state index in [0.29, 0.717) is 22.1 Å². The number of nitrogens with one attached hydrogen (secondary N) is 1. The van der Waals surface area contributed by atoms with Gasteiger partial charge in [0.2, 0.25) is 0 Å². The van der Waals surface area contributed by atoms with Gasteiger partial charge in [-0.05, 0) is 42.0 Å². The van der Waals surface area contributed by atoms with E-state index in [2.05, 4.69) is 5.32 Å². The van der Waals surface area contributed by atoms with E-state index >= 15 is 0 Å². The fraction of sp³-hybridized carbons (Fsp3) is 0.136. The molecule has 0 spiro atoms. The minimum Gasteiger partial charge on any atom is -0.497 e. The van der Waals surface area contributed by atoms with E-state index in [0.717, 1.165) is 11.3 Å². The normalized spacial score (nSPS) is 10.3. The predicted octanol–water partition coefficient (Wildman–Crippen LogP) is 5.16. The summed E-state index contributed by atoms with van der Waals surface area (Å²) in [6, 6.07) is 18.9. The summed E-state index contributed by atoms with van der Waals surface area (Å²) in [5.74, 6) is 1.48. The van der Waals surface area contributed by atoms with Crippen LogP contribution in [0.3, 0.4) is 0 Å². The van der Waals surface area contributed by atoms with Crippen LogP contribution in [-0.2, 0) is 5.75 Å². The van der Waals surface area contributed by atoms with Crippen LogP contribution < -0.4 is 14.8 Å². The fourth-order valence-corrected chi connectivity index (χ4v) is 3.67. The molecule has 1 N–H and O–H groups in total. The lowest BCUT2D eigenvalue weighted by atomic mass is 10.2. The number of benzene rings is 3. The molecule has 0 aromatic heterocycles. The highest BCUT2D eigenvalue weighted by Crippen LogP contribution is 2.33. The van der Waals surface area contributed by atoms with E-state index in [1.54, 1.807) is 43.5 Å². The topological polar surface area (TPSA) is 90.7 Å². The number of carbonyl (C=O) groups excluding carboxylic acids is 1. The summed E-state index contributed by atoms with van der Waals surface area (Å²) in [5.41, 5.74) is 1.65. The molecule has 0 radical (unpaired) electrons. The van der Waals surface area contributed by atoms with Gasteiger partial charge in [-0.3, -0.25) is 14.9 Å². The van der Waals surface area contributed by atoms with Crippen LogP contribution in [0.4, 0.5) is 11.4 Å². The molecular formula is C22H20N2O5S. The van der Waals surface area contributed by atoms with Gasteiger partial charge < -0.3 is 14.8 Å². The Kier molecular flexibility index (Phi) is 6.92. The Morgan fingerprint density at radius 2 is 1.73 bits per heavy atom. The molecule has 8 heteroatoms. The van der Waals surface area contributed by atoms with Crippen LogP contribution in [-0.4, -0.2) is 25.1 Å². The van der Waals surface area contributed by atoms with Crippen LogP contribution in [0, 0.1) is 10.1 Å². The Hall–Kier alpha value is -3.52. The number of rotatable bonds is 8. The zero-order valence-electron chi connectivity index (χ0n) is 16.5. The van der Waals surface area contributed by atoms with Gasteiger partial charge >= 0.3 is 0 Å². The predicted molar refractivity (Wildman–Crippen MR) is 117 cm³/mol. The third-order valence-electron chi connectivity index (χ3n) is 4.30. The number of thioether (sulfide) groups is 1. The summed E-state index contributed by atoms with van der Waals surface area (Å²) < 4.78 is 10.3. The molecule has 0 aliphatic carbocycles. The van der Waals surface area contributed by atoms with Crippen molar-refractivity contribution in [2.75, 3.05) is 19.5 Å².